The number of hydrogen-bond acceptors (Lipinski definition) is 8. The maximum Gasteiger partial charge on any atom is 0.224 e. The number of imidazole rings is 1. The lowest BCUT2D eigenvalue weighted by Gasteiger charge is -2.27. The van der Waals surface area contributed by atoms with Crippen molar-refractivity contribution in [2.45, 2.75) is 30.4 Å². The van der Waals surface area contributed by atoms with Crippen LogP contribution in [0.3, 0.4) is 0 Å². The summed E-state index contributed by atoms with van der Waals surface area (Å²) in [6.45, 7) is 8.44. The second-order valence-corrected chi connectivity index (χ2v) is 11.7. The summed E-state index contributed by atoms with van der Waals surface area (Å²) in [4.78, 5) is 9.73. The Morgan fingerprint density at radius 3 is 2.59 bits per heavy atom. The molecular formula is C22H27F2N5O4S. The van der Waals surface area contributed by atoms with Crippen LogP contribution in [0.1, 0.15) is 20.8 Å². The predicted octanol–water partition coefficient (Wildman–Crippen LogP) is 2.54. The SMILES string of the molecule is CC(C)(C)S(=O)(=O)c1cn2c(-c3cc(F)c(N)nc3F)cnc2cc1OCCN1CCOCC1. The minimum atomic E-state index is -3.87. The molecule has 12 heteroatoms. The van der Waals surface area contributed by atoms with Crippen LogP contribution in [0.15, 0.2) is 29.4 Å². The van der Waals surface area contributed by atoms with Crippen LogP contribution in [-0.4, -0.2) is 71.9 Å². The van der Waals surface area contributed by atoms with E-state index in [2.05, 4.69) is 14.9 Å². The van der Waals surface area contributed by atoms with Crippen molar-refractivity contribution < 1.29 is 26.7 Å². The van der Waals surface area contributed by atoms with Crippen molar-refractivity contribution in [2.24, 2.45) is 0 Å². The van der Waals surface area contributed by atoms with E-state index in [0.717, 1.165) is 19.2 Å². The van der Waals surface area contributed by atoms with Gasteiger partial charge in [0.15, 0.2) is 21.5 Å². The number of fused-ring (bicyclic) bond motifs is 1. The number of pyridine rings is 2. The monoisotopic (exact) mass is 495 g/mol. The van der Waals surface area contributed by atoms with Crippen LogP contribution >= 0.6 is 0 Å². The third kappa shape index (κ3) is 4.57. The maximum absolute atomic E-state index is 14.5. The second-order valence-electron chi connectivity index (χ2n) is 8.99. The molecule has 1 aliphatic heterocycles. The highest BCUT2D eigenvalue weighted by atomic mass is 32.2. The number of nitrogen functional groups attached to an aromatic ring is 1. The van der Waals surface area contributed by atoms with Gasteiger partial charge in [-0.05, 0) is 26.8 Å². The topological polar surface area (TPSA) is 112 Å². The Morgan fingerprint density at radius 2 is 1.91 bits per heavy atom. The molecule has 0 bridgehead atoms. The Labute approximate surface area is 196 Å². The highest BCUT2D eigenvalue weighted by molar-refractivity contribution is 7.92. The third-order valence-electron chi connectivity index (χ3n) is 5.67. The molecule has 184 valence electrons. The summed E-state index contributed by atoms with van der Waals surface area (Å²) in [5, 5.41) is 0. The Balaban J connectivity index is 1.78. The molecule has 0 unspecified atom stereocenters. The number of hydrogen-bond donors (Lipinski definition) is 1. The summed E-state index contributed by atoms with van der Waals surface area (Å²) in [5.74, 6) is -2.30. The van der Waals surface area contributed by atoms with Crippen LogP contribution in [0.4, 0.5) is 14.6 Å². The van der Waals surface area contributed by atoms with Gasteiger partial charge in [-0.1, -0.05) is 0 Å². The molecular weight excluding hydrogens is 468 g/mol. The van der Waals surface area contributed by atoms with Crippen LogP contribution in [0.2, 0.25) is 0 Å². The van der Waals surface area contributed by atoms with Crippen molar-refractivity contribution in [3.63, 3.8) is 0 Å². The third-order valence-corrected chi connectivity index (χ3v) is 8.17. The van der Waals surface area contributed by atoms with E-state index in [4.69, 9.17) is 15.2 Å². The molecule has 1 fully saturated rings. The molecule has 1 aliphatic rings. The van der Waals surface area contributed by atoms with Gasteiger partial charge in [-0.2, -0.15) is 9.37 Å². The average molecular weight is 496 g/mol. The zero-order valence-electron chi connectivity index (χ0n) is 19.2. The van der Waals surface area contributed by atoms with E-state index in [0.29, 0.717) is 25.4 Å². The van der Waals surface area contributed by atoms with Crippen molar-refractivity contribution >= 4 is 21.3 Å². The van der Waals surface area contributed by atoms with Gasteiger partial charge in [-0.25, -0.2) is 17.8 Å². The first-order valence-corrected chi connectivity index (χ1v) is 12.3. The smallest absolute Gasteiger partial charge is 0.224 e. The zero-order valence-corrected chi connectivity index (χ0v) is 20.0. The maximum atomic E-state index is 14.5. The lowest BCUT2D eigenvalue weighted by atomic mass is 10.2. The number of anilines is 1. The van der Waals surface area contributed by atoms with E-state index in [1.165, 1.54) is 22.9 Å². The van der Waals surface area contributed by atoms with E-state index in [-0.39, 0.29) is 28.5 Å². The molecule has 0 atom stereocenters. The molecule has 4 rings (SSSR count). The minimum absolute atomic E-state index is 0.0713. The van der Waals surface area contributed by atoms with E-state index in [9.17, 15) is 17.2 Å². The quantitative estimate of drug-likeness (QED) is 0.520. The molecule has 0 aliphatic carbocycles. The van der Waals surface area contributed by atoms with Crippen molar-refractivity contribution in [3.8, 4) is 17.0 Å². The number of sulfone groups is 1. The van der Waals surface area contributed by atoms with E-state index < -0.39 is 32.2 Å². The summed E-state index contributed by atoms with van der Waals surface area (Å²) < 4.78 is 66.9. The number of ether oxygens (including phenoxy) is 2. The number of aromatic nitrogens is 3. The largest absolute Gasteiger partial charge is 0.491 e. The fourth-order valence-electron chi connectivity index (χ4n) is 3.60. The van der Waals surface area contributed by atoms with Gasteiger partial charge in [0.05, 0.1) is 35.4 Å². The molecule has 0 saturated carbocycles. The Bertz CT molecular complexity index is 1320. The molecule has 4 heterocycles. The molecule has 3 aromatic heterocycles. The van der Waals surface area contributed by atoms with Crippen molar-refractivity contribution in [1.29, 1.82) is 0 Å². The number of morpholine rings is 1. The summed E-state index contributed by atoms with van der Waals surface area (Å²) in [5.41, 5.74) is 5.59. The fourth-order valence-corrected chi connectivity index (χ4v) is 4.89. The first kappa shape index (κ1) is 24.3. The van der Waals surface area contributed by atoms with Gasteiger partial charge in [-0.3, -0.25) is 9.30 Å². The molecule has 2 N–H and O–H groups in total. The molecule has 0 amide bonds. The van der Waals surface area contributed by atoms with Gasteiger partial charge < -0.3 is 15.2 Å². The van der Waals surface area contributed by atoms with Gasteiger partial charge in [0.1, 0.15) is 22.9 Å². The standard InChI is InChI=1S/C22H27F2N5O4S/c1-22(2,3)34(30,31)18-13-29-16(14-10-15(23)21(25)27-20(14)24)12-26-19(29)11-17(18)33-9-6-28-4-7-32-8-5-28/h10-13H,4-9H2,1-3H3,(H2,25,27). The summed E-state index contributed by atoms with van der Waals surface area (Å²) in [6.07, 6.45) is 2.64. The fraction of sp³-hybridized carbons (Fsp3) is 0.455. The molecule has 1 saturated heterocycles. The normalized spacial score (nSPS) is 15.7. The molecule has 9 nitrogen and oxygen atoms in total. The van der Waals surface area contributed by atoms with Gasteiger partial charge >= 0.3 is 0 Å². The number of nitrogens with zero attached hydrogens (tertiary/aromatic N) is 4. The summed E-state index contributed by atoms with van der Waals surface area (Å²) >= 11 is 0. The predicted molar refractivity (Wildman–Crippen MR) is 122 cm³/mol. The highest BCUT2D eigenvalue weighted by Crippen LogP contribution is 2.35. The van der Waals surface area contributed by atoms with Crippen molar-refractivity contribution in [2.75, 3.05) is 45.2 Å². The van der Waals surface area contributed by atoms with Crippen LogP contribution in [-0.2, 0) is 14.6 Å². The van der Waals surface area contributed by atoms with E-state index in [1.54, 1.807) is 20.8 Å². The van der Waals surface area contributed by atoms with Gasteiger partial charge in [0, 0.05) is 31.9 Å². The number of halogens is 2. The van der Waals surface area contributed by atoms with Crippen LogP contribution < -0.4 is 10.5 Å². The van der Waals surface area contributed by atoms with Crippen molar-refractivity contribution in [3.05, 3.63) is 36.3 Å². The number of rotatable bonds is 6. The second kappa shape index (κ2) is 9.08. The lowest BCUT2D eigenvalue weighted by Crippen LogP contribution is -2.38. The molecule has 3 aromatic rings. The van der Waals surface area contributed by atoms with Gasteiger partial charge in [0.25, 0.3) is 0 Å². The Hall–Kier alpha value is -2.83. The average Bonchev–Trinajstić information content (AvgIpc) is 3.18. The number of nitrogens with two attached hydrogens (primary N) is 1. The summed E-state index contributed by atoms with van der Waals surface area (Å²) in [7, 11) is -3.87. The molecule has 0 radical (unpaired) electrons. The van der Waals surface area contributed by atoms with Crippen LogP contribution in [0.25, 0.3) is 16.9 Å². The minimum Gasteiger partial charge on any atom is -0.491 e. The zero-order chi connectivity index (χ0) is 24.7. The highest BCUT2D eigenvalue weighted by Gasteiger charge is 2.34. The van der Waals surface area contributed by atoms with E-state index in [1.807, 2.05) is 0 Å². The van der Waals surface area contributed by atoms with E-state index >= 15 is 0 Å². The van der Waals surface area contributed by atoms with Crippen LogP contribution in [0.5, 0.6) is 5.75 Å². The first-order valence-electron chi connectivity index (χ1n) is 10.8. The summed E-state index contributed by atoms with van der Waals surface area (Å²) in [6, 6.07) is 2.40. The Kier molecular flexibility index (Phi) is 6.49. The lowest BCUT2D eigenvalue weighted by molar-refractivity contribution is 0.0321. The Morgan fingerprint density at radius 1 is 1.21 bits per heavy atom. The van der Waals surface area contributed by atoms with Crippen molar-refractivity contribution in [1.82, 2.24) is 19.3 Å². The first-order chi connectivity index (χ1) is 16.0. The molecule has 0 aromatic carbocycles. The van der Waals surface area contributed by atoms with Crippen LogP contribution in [0, 0.1) is 11.8 Å². The molecule has 0 spiro atoms. The van der Waals surface area contributed by atoms with Gasteiger partial charge in [-0.15, -0.1) is 0 Å². The molecule has 34 heavy (non-hydrogen) atoms. The van der Waals surface area contributed by atoms with Gasteiger partial charge in [0.2, 0.25) is 5.95 Å².